The number of rotatable bonds is 4. The largest absolute Gasteiger partial charge is 0.362 e. The predicted octanol–water partition coefficient (Wildman–Crippen LogP) is 3.24. The number of benzene rings is 2. The van der Waals surface area contributed by atoms with E-state index in [2.05, 4.69) is 5.10 Å². The van der Waals surface area contributed by atoms with Crippen LogP contribution in [0.25, 0.3) is 11.3 Å². The van der Waals surface area contributed by atoms with E-state index < -0.39 is 16.6 Å². The van der Waals surface area contributed by atoms with Crippen LogP contribution in [0.1, 0.15) is 10.4 Å². The first-order valence-electron chi connectivity index (χ1n) is 9.62. The normalized spacial score (nSPS) is 14.0. The number of anilines is 1. The number of aromatic nitrogens is 2. The third-order valence-electron chi connectivity index (χ3n) is 5.23. The van der Waals surface area contributed by atoms with Gasteiger partial charge in [0.15, 0.2) is 0 Å². The summed E-state index contributed by atoms with van der Waals surface area (Å²) in [4.78, 5) is 27.5. The van der Waals surface area contributed by atoms with Gasteiger partial charge in [-0.2, -0.15) is 5.10 Å². The zero-order valence-electron chi connectivity index (χ0n) is 16.7. The van der Waals surface area contributed by atoms with Crippen molar-refractivity contribution < 1.29 is 18.5 Å². The number of nitro benzene ring substituents is 1. The minimum atomic E-state index is -0.797. The fraction of sp³-hybridized carbons (Fsp3) is 0.238. The summed E-state index contributed by atoms with van der Waals surface area (Å²) in [6.07, 6.45) is 1.51. The summed E-state index contributed by atoms with van der Waals surface area (Å²) in [5, 5.41) is 15.5. The highest BCUT2D eigenvalue weighted by molar-refractivity contribution is 6.00. The van der Waals surface area contributed by atoms with Crippen molar-refractivity contribution in [3.8, 4) is 11.3 Å². The van der Waals surface area contributed by atoms with Crippen LogP contribution in [0.2, 0.25) is 0 Å². The summed E-state index contributed by atoms with van der Waals surface area (Å²) in [5.74, 6) is -1.83. The molecule has 0 unspecified atom stereocenters. The number of piperazine rings is 1. The zero-order chi connectivity index (χ0) is 22.1. The average Bonchev–Trinajstić information content (AvgIpc) is 3.14. The van der Waals surface area contributed by atoms with Gasteiger partial charge in [0.05, 0.1) is 10.5 Å². The first kappa shape index (κ1) is 20.5. The number of carbonyl (C=O) groups is 1. The molecule has 1 aromatic heterocycles. The Morgan fingerprint density at radius 3 is 2.48 bits per heavy atom. The van der Waals surface area contributed by atoms with Crippen LogP contribution in [-0.4, -0.2) is 51.7 Å². The summed E-state index contributed by atoms with van der Waals surface area (Å²) in [5.41, 5.74) is 0.931. The molecule has 31 heavy (non-hydrogen) atoms. The lowest BCUT2D eigenvalue weighted by Crippen LogP contribution is -2.49. The van der Waals surface area contributed by atoms with Crippen molar-refractivity contribution >= 4 is 17.3 Å². The molecule has 1 saturated heterocycles. The molecule has 2 aromatic carbocycles. The van der Waals surface area contributed by atoms with Crippen molar-refractivity contribution in [3.63, 3.8) is 0 Å². The number of hydrogen-bond donors (Lipinski definition) is 0. The van der Waals surface area contributed by atoms with Crippen molar-refractivity contribution in [1.29, 1.82) is 0 Å². The van der Waals surface area contributed by atoms with E-state index in [1.807, 2.05) is 4.90 Å². The number of amides is 1. The molecule has 0 aliphatic carbocycles. The number of para-hydroxylation sites is 2. The number of aryl methyl sites for hydroxylation is 1. The second kappa shape index (κ2) is 8.13. The van der Waals surface area contributed by atoms with Crippen LogP contribution in [-0.2, 0) is 7.05 Å². The van der Waals surface area contributed by atoms with Gasteiger partial charge in [-0.25, -0.2) is 8.78 Å². The fourth-order valence-electron chi connectivity index (χ4n) is 3.73. The third kappa shape index (κ3) is 3.96. The van der Waals surface area contributed by atoms with E-state index in [1.165, 1.54) is 23.0 Å². The Balaban J connectivity index is 1.55. The lowest BCUT2D eigenvalue weighted by molar-refractivity contribution is -0.384. The van der Waals surface area contributed by atoms with Gasteiger partial charge < -0.3 is 9.80 Å². The molecule has 3 aromatic rings. The summed E-state index contributed by atoms with van der Waals surface area (Å²) >= 11 is 0. The number of carbonyl (C=O) groups excluding carboxylic acids is 1. The van der Waals surface area contributed by atoms with Crippen LogP contribution < -0.4 is 4.90 Å². The average molecular weight is 427 g/mol. The van der Waals surface area contributed by atoms with Crippen molar-refractivity contribution in [2.24, 2.45) is 7.05 Å². The number of nitro groups is 1. The molecule has 0 atom stereocenters. The van der Waals surface area contributed by atoms with Gasteiger partial charge in [0.2, 0.25) is 0 Å². The molecular weight excluding hydrogens is 408 g/mol. The third-order valence-corrected chi connectivity index (χ3v) is 5.23. The Bertz CT molecular complexity index is 1160. The van der Waals surface area contributed by atoms with Crippen LogP contribution in [0.3, 0.4) is 0 Å². The molecule has 0 spiro atoms. The smallest absolute Gasteiger partial charge is 0.292 e. The van der Waals surface area contributed by atoms with E-state index in [1.54, 1.807) is 30.1 Å². The quantitative estimate of drug-likeness (QED) is 0.472. The Morgan fingerprint density at radius 1 is 1.10 bits per heavy atom. The van der Waals surface area contributed by atoms with Crippen molar-refractivity contribution in [2.45, 2.75) is 0 Å². The van der Waals surface area contributed by atoms with E-state index in [-0.39, 0.29) is 28.4 Å². The van der Waals surface area contributed by atoms with Crippen molar-refractivity contribution in [2.75, 3.05) is 31.1 Å². The molecule has 1 aliphatic rings. The van der Waals surface area contributed by atoms with E-state index in [4.69, 9.17) is 0 Å². The molecule has 1 fully saturated rings. The summed E-state index contributed by atoms with van der Waals surface area (Å²) in [7, 11) is 1.62. The monoisotopic (exact) mass is 427 g/mol. The van der Waals surface area contributed by atoms with Crippen molar-refractivity contribution in [1.82, 2.24) is 14.7 Å². The molecule has 1 amide bonds. The minimum Gasteiger partial charge on any atom is -0.362 e. The van der Waals surface area contributed by atoms with Gasteiger partial charge in [0.1, 0.15) is 23.0 Å². The topological polar surface area (TPSA) is 84.5 Å². The number of halogens is 2. The maximum atomic E-state index is 14.3. The van der Waals surface area contributed by atoms with Crippen LogP contribution in [0, 0.1) is 21.7 Å². The molecular formula is C21H19F2N5O3. The Morgan fingerprint density at radius 2 is 1.81 bits per heavy atom. The first-order valence-corrected chi connectivity index (χ1v) is 9.62. The highest BCUT2D eigenvalue weighted by Crippen LogP contribution is 2.30. The van der Waals surface area contributed by atoms with Gasteiger partial charge >= 0.3 is 0 Å². The molecule has 0 N–H and O–H groups in total. The van der Waals surface area contributed by atoms with E-state index in [0.717, 1.165) is 12.1 Å². The molecule has 10 heteroatoms. The summed E-state index contributed by atoms with van der Waals surface area (Å²) < 4.78 is 29.0. The van der Waals surface area contributed by atoms with Gasteiger partial charge in [-0.05, 0) is 18.2 Å². The van der Waals surface area contributed by atoms with Crippen molar-refractivity contribution in [3.05, 3.63) is 76.0 Å². The van der Waals surface area contributed by atoms with E-state index >= 15 is 0 Å². The van der Waals surface area contributed by atoms with E-state index in [0.29, 0.717) is 31.9 Å². The molecule has 4 rings (SSSR count). The van der Waals surface area contributed by atoms with Gasteiger partial charge in [0.25, 0.3) is 11.6 Å². The molecule has 1 aliphatic heterocycles. The lowest BCUT2D eigenvalue weighted by atomic mass is 10.1. The number of nitrogens with zero attached hydrogens (tertiary/aromatic N) is 5. The minimum absolute atomic E-state index is 0.0172. The number of hydrogen-bond acceptors (Lipinski definition) is 5. The van der Waals surface area contributed by atoms with Gasteiger partial charge in [-0.3, -0.25) is 19.6 Å². The second-order valence-corrected chi connectivity index (χ2v) is 7.21. The molecule has 0 radical (unpaired) electrons. The van der Waals surface area contributed by atoms with Crippen LogP contribution in [0.4, 0.5) is 20.2 Å². The molecule has 0 saturated carbocycles. The highest BCUT2D eigenvalue weighted by atomic mass is 19.1. The Kier molecular flexibility index (Phi) is 5.37. The molecule has 0 bridgehead atoms. The van der Waals surface area contributed by atoms with Gasteiger partial charge in [-0.1, -0.05) is 12.1 Å². The molecule has 160 valence electrons. The maximum absolute atomic E-state index is 14.3. The zero-order valence-corrected chi connectivity index (χ0v) is 16.7. The van der Waals surface area contributed by atoms with Crippen LogP contribution in [0.5, 0.6) is 0 Å². The van der Waals surface area contributed by atoms with Gasteiger partial charge in [0, 0.05) is 57.1 Å². The summed E-state index contributed by atoms with van der Waals surface area (Å²) in [6, 6.07) is 9.62. The fourth-order valence-corrected chi connectivity index (χ4v) is 3.73. The standard InChI is InChI=1S/C21H19F2N5O3/c1-25-13-16(20(24-25)15-7-6-14(22)12-17(15)23)21(29)27-10-8-26(9-11-27)18-4-2-3-5-19(18)28(30)31/h2-7,12-13H,8-11H2,1H3. The van der Waals surface area contributed by atoms with Crippen LogP contribution in [0.15, 0.2) is 48.7 Å². The maximum Gasteiger partial charge on any atom is 0.292 e. The van der Waals surface area contributed by atoms with Crippen LogP contribution >= 0.6 is 0 Å². The highest BCUT2D eigenvalue weighted by Gasteiger charge is 2.29. The Labute approximate surface area is 176 Å². The first-order chi connectivity index (χ1) is 14.8. The van der Waals surface area contributed by atoms with Gasteiger partial charge in [-0.15, -0.1) is 0 Å². The Hall–Kier alpha value is -3.82. The lowest BCUT2D eigenvalue weighted by Gasteiger charge is -2.35. The SMILES string of the molecule is Cn1cc(C(=O)N2CCN(c3ccccc3[N+](=O)[O-])CC2)c(-c2ccc(F)cc2F)n1. The molecule has 2 heterocycles. The summed E-state index contributed by atoms with van der Waals surface area (Å²) in [6.45, 7) is 1.50. The van der Waals surface area contributed by atoms with E-state index in [9.17, 15) is 23.7 Å². The predicted molar refractivity (Wildman–Crippen MR) is 110 cm³/mol. The molecule has 8 nitrogen and oxygen atoms in total. The second-order valence-electron chi connectivity index (χ2n) is 7.21.